The quantitative estimate of drug-likeness (QED) is 0.569. The van der Waals surface area contributed by atoms with Crippen molar-refractivity contribution >= 4 is 11.9 Å². The second-order valence-electron chi connectivity index (χ2n) is 2.76. The third-order valence-corrected chi connectivity index (χ3v) is 1.86. The van der Waals surface area contributed by atoms with Gasteiger partial charge >= 0.3 is 11.9 Å². The zero-order chi connectivity index (χ0) is 9.14. The predicted octanol–water partition coefficient (Wildman–Crippen LogP) is 0.501. The maximum absolute atomic E-state index is 11.1. The number of carbonyl (C=O) groups excluding carboxylic acids is 2. The van der Waals surface area contributed by atoms with Gasteiger partial charge in [-0.15, -0.1) is 0 Å². The van der Waals surface area contributed by atoms with Crippen molar-refractivity contribution in [3.8, 4) is 0 Å². The van der Waals surface area contributed by atoms with E-state index in [1.807, 2.05) is 0 Å². The molecule has 1 fully saturated rings. The van der Waals surface area contributed by atoms with Crippen LogP contribution >= 0.6 is 0 Å². The van der Waals surface area contributed by atoms with Crippen molar-refractivity contribution in [1.29, 1.82) is 0 Å². The number of esters is 2. The summed E-state index contributed by atoms with van der Waals surface area (Å²) in [5.74, 6) is -1.06. The summed E-state index contributed by atoms with van der Waals surface area (Å²) in [6.45, 7) is 3.78. The first-order valence-corrected chi connectivity index (χ1v) is 4.01. The molecule has 4 nitrogen and oxygen atoms in total. The van der Waals surface area contributed by atoms with E-state index in [0.29, 0.717) is 6.61 Å². The first-order chi connectivity index (χ1) is 5.65. The molecule has 0 aromatic rings. The van der Waals surface area contributed by atoms with Gasteiger partial charge in [0.25, 0.3) is 0 Å². The molecule has 0 N–H and O–H groups in total. The third kappa shape index (κ3) is 1.75. The van der Waals surface area contributed by atoms with Crippen LogP contribution in [0.25, 0.3) is 0 Å². The Kier molecular flexibility index (Phi) is 2.68. The zero-order valence-corrected chi connectivity index (χ0v) is 7.20. The lowest BCUT2D eigenvalue weighted by Crippen LogP contribution is -2.23. The maximum Gasteiger partial charge on any atom is 0.313 e. The highest BCUT2D eigenvalue weighted by molar-refractivity contribution is 5.83. The van der Waals surface area contributed by atoms with Crippen LogP contribution in [0.2, 0.25) is 0 Å². The monoisotopic (exact) mass is 172 g/mol. The fourth-order valence-corrected chi connectivity index (χ4v) is 1.21. The van der Waals surface area contributed by atoms with Crippen molar-refractivity contribution in [2.75, 3.05) is 6.61 Å². The molecule has 0 amide bonds. The minimum Gasteiger partial charge on any atom is -0.466 e. The molecule has 0 radical (unpaired) electrons. The van der Waals surface area contributed by atoms with Crippen LogP contribution in [0.1, 0.15) is 20.3 Å². The highest BCUT2D eigenvalue weighted by Crippen LogP contribution is 2.22. The Morgan fingerprint density at radius 3 is 2.83 bits per heavy atom. The minimum absolute atomic E-state index is 0.153. The van der Waals surface area contributed by atoms with Crippen LogP contribution < -0.4 is 0 Å². The van der Waals surface area contributed by atoms with Gasteiger partial charge in [-0.05, 0) is 13.8 Å². The highest BCUT2D eigenvalue weighted by Gasteiger charge is 2.37. The average Bonchev–Trinajstić information content (AvgIpc) is 2.30. The topological polar surface area (TPSA) is 52.6 Å². The van der Waals surface area contributed by atoms with Gasteiger partial charge in [0, 0.05) is 0 Å². The number of hydrogen-bond donors (Lipinski definition) is 0. The Labute approximate surface area is 70.8 Å². The molecule has 1 saturated heterocycles. The Bertz CT molecular complexity index is 199. The summed E-state index contributed by atoms with van der Waals surface area (Å²) in [6, 6.07) is 0. The Balaban J connectivity index is 2.52. The van der Waals surface area contributed by atoms with Gasteiger partial charge in [0.1, 0.15) is 12.0 Å². The van der Waals surface area contributed by atoms with Crippen LogP contribution in [0.15, 0.2) is 0 Å². The summed E-state index contributed by atoms with van der Waals surface area (Å²) in [7, 11) is 0. The molecule has 0 aromatic heterocycles. The van der Waals surface area contributed by atoms with Gasteiger partial charge in [0.2, 0.25) is 0 Å². The van der Waals surface area contributed by atoms with E-state index in [4.69, 9.17) is 9.47 Å². The van der Waals surface area contributed by atoms with Crippen LogP contribution in [-0.2, 0) is 19.1 Å². The van der Waals surface area contributed by atoms with Crippen LogP contribution in [-0.4, -0.2) is 24.6 Å². The van der Waals surface area contributed by atoms with Gasteiger partial charge in [-0.2, -0.15) is 0 Å². The number of ether oxygens (including phenoxy) is 2. The second-order valence-corrected chi connectivity index (χ2v) is 2.76. The lowest BCUT2D eigenvalue weighted by Gasteiger charge is -2.10. The van der Waals surface area contributed by atoms with Gasteiger partial charge in [-0.25, -0.2) is 0 Å². The van der Waals surface area contributed by atoms with E-state index < -0.39 is 5.92 Å². The molecule has 1 rings (SSSR count). The Morgan fingerprint density at radius 2 is 2.42 bits per heavy atom. The number of rotatable bonds is 2. The summed E-state index contributed by atoms with van der Waals surface area (Å²) in [4.78, 5) is 21.9. The molecule has 0 saturated carbocycles. The van der Waals surface area contributed by atoms with Crippen LogP contribution in [0.3, 0.4) is 0 Å². The van der Waals surface area contributed by atoms with Crippen molar-refractivity contribution in [2.24, 2.45) is 5.92 Å². The fourth-order valence-electron chi connectivity index (χ4n) is 1.21. The highest BCUT2D eigenvalue weighted by atomic mass is 16.6. The van der Waals surface area contributed by atoms with Gasteiger partial charge < -0.3 is 9.47 Å². The van der Waals surface area contributed by atoms with E-state index in [2.05, 4.69) is 0 Å². The van der Waals surface area contributed by atoms with Crippen molar-refractivity contribution in [3.63, 3.8) is 0 Å². The lowest BCUT2D eigenvalue weighted by atomic mass is 10.0. The largest absolute Gasteiger partial charge is 0.466 e. The van der Waals surface area contributed by atoms with Crippen molar-refractivity contribution in [1.82, 2.24) is 0 Å². The summed E-state index contributed by atoms with van der Waals surface area (Å²) in [5, 5.41) is 0. The average molecular weight is 172 g/mol. The first kappa shape index (κ1) is 9.03. The smallest absolute Gasteiger partial charge is 0.313 e. The van der Waals surface area contributed by atoms with Gasteiger partial charge in [0.15, 0.2) is 0 Å². The molecule has 1 aliphatic heterocycles. The van der Waals surface area contributed by atoms with Gasteiger partial charge in [-0.3, -0.25) is 9.59 Å². The second kappa shape index (κ2) is 3.56. The first-order valence-electron chi connectivity index (χ1n) is 4.01. The molecule has 1 heterocycles. The van der Waals surface area contributed by atoms with E-state index in [0.717, 1.165) is 0 Å². The molecule has 1 aliphatic rings. The minimum atomic E-state index is -0.405. The molecule has 12 heavy (non-hydrogen) atoms. The molecule has 0 aliphatic carbocycles. The molecule has 68 valence electrons. The van der Waals surface area contributed by atoms with E-state index in [1.54, 1.807) is 13.8 Å². The van der Waals surface area contributed by atoms with Crippen LogP contribution in [0, 0.1) is 5.92 Å². The molecule has 0 bridgehead atoms. The summed E-state index contributed by atoms with van der Waals surface area (Å²) >= 11 is 0. The van der Waals surface area contributed by atoms with Crippen molar-refractivity contribution in [3.05, 3.63) is 0 Å². The van der Waals surface area contributed by atoms with E-state index in [9.17, 15) is 9.59 Å². The standard InChI is InChI=1S/C8H12O4/c1-3-11-8(10)6-4-7(9)12-5(6)2/h5-6H,3-4H2,1-2H3/t5-,6-/m0/s1. The predicted molar refractivity (Wildman–Crippen MR) is 40.3 cm³/mol. The Hall–Kier alpha value is -1.06. The van der Waals surface area contributed by atoms with Crippen LogP contribution in [0.4, 0.5) is 0 Å². The number of cyclic esters (lactones) is 1. The molecule has 0 aromatic carbocycles. The Morgan fingerprint density at radius 1 is 1.75 bits per heavy atom. The maximum atomic E-state index is 11.1. The molecular weight excluding hydrogens is 160 g/mol. The number of carbonyl (C=O) groups is 2. The molecular formula is C8H12O4. The molecule has 0 spiro atoms. The van der Waals surface area contributed by atoms with Crippen molar-refractivity contribution in [2.45, 2.75) is 26.4 Å². The lowest BCUT2D eigenvalue weighted by molar-refractivity contribution is -0.149. The summed E-state index contributed by atoms with van der Waals surface area (Å²) in [6.07, 6.45) is -0.184. The van der Waals surface area contributed by atoms with E-state index in [-0.39, 0.29) is 24.5 Å². The number of hydrogen-bond acceptors (Lipinski definition) is 4. The van der Waals surface area contributed by atoms with Crippen molar-refractivity contribution < 1.29 is 19.1 Å². The van der Waals surface area contributed by atoms with E-state index >= 15 is 0 Å². The van der Waals surface area contributed by atoms with Gasteiger partial charge in [-0.1, -0.05) is 0 Å². The zero-order valence-electron chi connectivity index (χ0n) is 7.20. The summed E-state index contributed by atoms with van der Waals surface area (Å²) in [5.41, 5.74) is 0. The molecule has 0 unspecified atom stereocenters. The molecule has 2 atom stereocenters. The van der Waals surface area contributed by atoms with Crippen LogP contribution in [0.5, 0.6) is 0 Å². The fraction of sp³-hybridized carbons (Fsp3) is 0.750. The van der Waals surface area contributed by atoms with E-state index in [1.165, 1.54) is 0 Å². The summed E-state index contributed by atoms with van der Waals surface area (Å²) < 4.78 is 9.57. The molecule has 4 heteroatoms. The third-order valence-electron chi connectivity index (χ3n) is 1.86. The van der Waals surface area contributed by atoms with Gasteiger partial charge in [0.05, 0.1) is 13.0 Å². The SMILES string of the molecule is CCOC(=O)[C@H]1CC(=O)O[C@H]1C. The normalized spacial score (nSPS) is 28.3.